The zero-order valence-corrected chi connectivity index (χ0v) is 15.5. The molecule has 2 N–H and O–H groups in total. The first-order chi connectivity index (χ1) is 13.6. The third-order valence-electron chi connectivity index (χ3n) is 4.00. The summed E-state index contributed by atoms with van der Waals surface area (Å²) in [5.41, 5.74) is 5.04. The van der Waals surface area contributed by atoms with Crippen LogP contribution in [0.3, 0.4) is 0 Å². The fourth-order valence-electron chi connectivity index (χ4n) is 2.71. The van der Waals surface area contributed by atoms with Crippen LogP contribution in [0.5, 0.6) is 0 Å². The van der Waals surface area contributed by atoms with Gasteiger partial charge in [0.15, 0.2) is 0 Å². The molecule has 28 heavy (non-hydrogen) atoms. The Balaban J connectivity index is 1.91. The molecule has 0 aliphatic carbocycles. The van der Waals surface area contributed by atoms with E-state index in [1.54, 1.807) is 36.4 Å². The second-order valence-corrected chi connectivity index (χ2v) is 6.63. The highest BCUT2D eigenvalue weighted by atomic mass is 32.2. The van der Waals surface area contributed by atoms with Crippen LogP contribution < -0.4 is 9.79 Å². The molecule has 1 amide bonds. The van der Waals surface area contributed by atoms with E-state index in [9.17, 15) is 13.6 Å². The van der Waals surface area contributed by atoms with Gasteiger partial charge in [-0.2, -0.15) is 0 Å². The van der Waals surface area contributed by atoms with Gasteiger partial charge in [0.05, 0.1) is 22.6 Å². The first kappa shape index (κ1) is 19.5. The molecule has 3 aromatic carbocycles. The highest BCUT2D eigenvalue weighted by Crippen LogP contribution is 2.30. The number of nitrogens with one attached hydrogen (secondary N) is 1. The van der Waals surface area contributed by atoms with E-state index in [4.69, 9.17) is 5.21 Å². The topological polar surface area (TPSA) is 92.7 Å². The van der Waals surface area contributed by atoms with Crippen molar-refractivity contribution >= 4 is 34.6 Å². The van der Waals surface area contributed by atoms with E-state index in [0.29, 0.717) is 16.9 Å². The van der Waals surface area contributed by atoms with Crippen molar-refractivity contribution in [3.63, 3.8) is 0 Å². The molecule has 1 unspecified atom stereocenters. The second-order valence-electron chi connectivity index (χ2n) is 5.83. The Morgan fingerprint density at radius 2 is 1.61 bits per heavy atom. The molecule has 0 radical (unpaired) electrons. The maximum absolute atomic E-state index is 11.9. The van der Waals surface area contributed by atoms with Crippen LogP contribution in [0.25, 0.3) is 17.2 Å². The molecule has 0 bridgehead atoms. The zero-order chi connectivity index (χ0) is 19.9. The Bertz CT molecular complexity index is 1000. The minimum atomic E-state index is -2.54. The van der Waals surface area contributed by atoms with Crippen molar-refractivity contribution in [2.45, 2.75) is 0 Å². The van der Waals surface area contributed by atoms with Gasteiger partial charge in [0.1, 0.15) is 0 Å². The monoisotopic (exact) mass is 393 g/mol. The number of carbonyl (C=O) groups excluding carboxylic acids is 1. The zero-order valence-electron chi connectivity index (χ0n) is 14.7. The summed E-state index contributed by atoms with van der Waals surface area (Å²) in [5.74, 6) is -0.675. The van der Waals surface area contributed by atoms with Gasteiger partial charge in [0, 0.05) is 6.08 Å². The summed E-state index contributed by atoms with van der Waals surface area (Å²) in [4.78, 5) is 11.1. The van der Waals surface area contributed by atoms with E-state index in [-0.39, 0.29) is 0 Å². The van der Waals surface area contributed by atoms with Gasteiger partial charge in [-0.15, -0.1) is 0 Å². The summed E-state index contributed by atoms with van der Waals surface area (Å²) in [7, 11) is 0. The van der Waals surface area contributed by atoms with E-state index in [1.807, 2.05) is 42.5 Å². The molecule has 3 rings (SSSR count). The molecule has 0 saturated carbocycles. The third kappa shape index (κ3) is 4.72. The Morgan fingerprint density at radius 1 is 0.929 bits per heavy atom. The second kappa shape index (κ2) is 9.09. The minimum Gasteiger partial charge on any atom is -0.755 e. The number of amides is 1. The summed E-state index contributed by atoms with van der Waals surface area (Å²) in [6.07, 6.45) is 2.62. The van der Waals surface area contributed by atoms with Crippen LogP contribution in [-0.2, 0) is 16.1 Å². The van der Waals surface area contributed by atoms with Crippen molar-refractivity contribution in [1.82, 2.24) is 5.48 Å². The van der Waals surface area contributed by atoms with Crippen LogP contribution in [0.2, 0.25) is 0 Å². The van der Waals surface area contributed by atoms with Gasteiger partial charge in [-0.25, -0.2) is 5.48 Å². The van der Waals surface area contributed by atoms with Crippen molar-refractivity contribution in [3.05, 3.63) is 90.5 Å². The lowest BCUT2D eigenvalue weighted by molar-refractivity contribution is -0.124. The fourth-order valence-corrected chi connectivity index (χ4v) is 3.28. The molecule has 0 fully saturated rings. The SMILES string of the molecule is O=C(C=Cc1cccc(N(c2ccc(-c3ccccc3)cc2)S(=O)[O-])c1)NO. The number of hydrogen-bond acceptors (Lipinski definition) is 4. The summed E-state index contributed by atoms with van der Waals surface area (Å²) < 4.78 is 24.9. The number of hydrogen-bond donors (Lipinski definition) is 2. The van der Waals surface area contributed by atoms with Gasteiger partial charge in [-0.05, 0) is 47.0 Å². The number of benzene rings is 3. The molecule has 142 valence electrons. The number of rotatable bonds is 6. The molecule has 0 aliphatic heterocycles. The largest absolute Gasteiger partial charge is 0.755 e. The molecular formula is C21H17N2O4S-. The minimum absolute atomic E-state index is 0.423. The van der Waals surface area contributed by atoms with E-state index in [1.165, 1.54) is 11.6 Å². The van der Waals surface area contributed by atoms with E-state index < -0.39 is 17.2 Å². The molecule has 0 aromatic heterocycles. The summed E-state index contributed by atoms with van der Waals surface area (Å²) in [6.45, 7) is 0. The highest BCUT2D eigenvalue weighted by Gasteiger charge is 2.11. The van der Waals surface area contributed by atoms with E-state index in [0.717, 1.165) is 21.5 Å². The maximum atomic E-state index is 11.9. The van der Waals surface area contributed by atoms with Gasteiger partial charge in [0.25, 0.3) is 5.91 Å². The molecule has 6 nitrogen and oxygen atoms in total. The van der Waals surface area contributed by atoms with Crippen LogP contribution >= 0.6 is 0 Å². The third-order valence-corrected chi connectivity index (χ3v) is 4.72. The lowest BCUT2D eigenvalue weighted by Gasteiger charge is -2.27. The van der Waals surface area contributed by atoms with Crippen LogP contribution in [0.4, 0.5) is 11.4 Å². The van der Waals surface area contributed by atoms with Gasteiger partial charge in [-0.3, -0.25) is 18.5 Å². The average molecular weight is 393 g/mol. The van der Waals surface area contributed by atoms with Gasteiger partial charge >= 0.3 is 0 Å². The Labute approximate surface area is 165 Å². The smallest absolute Gasteiger partial charge is 0.267 e. The number of carbonyl (C=O) groups is 1. The van der Waals surface area contributed by atoms with E-state index in [2.05, 4.69) is 0 Å². The molecule has 0 spiro atoms. The highest BCUT2D eigenvalue weighted by molar-refractivity contribution is 7.81. The van der Waals surface area contributed by atoms with Crippen LogP contribution in [0.1, 0.15) is 5.56 Å². The number of nitrogens with zero attached hydrogens (tertiary/aromatic N) is 1. The lowest BCUT2D eigenvalue weighted by Crippen LogP contribution is -2.19. The predicted octanol–water partition coefficient (Wildman–Crippen LogP) is 3.80. The summed E-state index contributed by atoms with van der Waals surface area (Å²) in [5, 5.41) is 8.54. The normalized spacial score (nSPS) is 11.9. The Morgan fingerprint density at radius 3 is 2.25 bits per heavy atom. The van der Waals surface area contributed by atoms with Crippen molar-refractivity contribution in [2.75, 3.05) is 4.31 Å². The summed E-state index contributed by atoms with van der Waals surface area (Å²) in [6, 6.07) is 23.7. The molecule has 1 atom stereocenters. The average Bonchev–Trinajstić information content (AvgIpc) is 2.73. The molecule has 0 saturated heterocycles. The number of hydroxylamine groups is 1. The number of anilines is 2. The quantitative estimate of drug-likeness (QED) is 0.288. The van der Waals surface area contributed by atoms with Gasteiger partial charge < -0.3 is 4.55 Å². The molecule has 0 heterocycles. The fraction of sp³-hybridized carbons (Fsp3) is 0. The van der Waals surface area contributed by atoms with E-state index >= 15 is 0 Å². The molecule has 7 heteroatoms. The van der Waals surface area contributed by atoms with Crippen molar-refractivity contribution in [3.8, 4) is 11.1 Å². The van der Waals surface area contributed by atoms with Crippen LogP contribution in [0.15, 0.2) is 84.9 Å². The van der Waals surface area contributed by atoms with Gasteiger partial charge in [-0.1, -0.05) is 54.6 Å². The molecular weight excluding hydrogens is 376 g/mol. The van der Waals surface area contributed by atoms with Crippen molar-refractivity contribution in [2.24, 2.45) is 0 Å². The summed E-state index contributed by atoms with van der Waals surface area (Å²) >= 11 is -2.54. The first-order valence-electron chi connectivity index (χ1n) is 8.35. The predicted molar refractivity (Wildman–Crippen MR) is 108 cm³/mol. The standard InChI is InChI=1S/C21H18N2O4S/c24-21(22-25)14-9-16-5-4-8-20(15-16)23(28(26)27)19-12-10-18(11-13-19)17-6-2-1-3-7-17/h1-15,25H,(H,22,24)(H,26,27)/p-1. The van der Waals surface area contributed by atoms with Crippen LogP contribution in [-0.4, -0.2) is 19.9 Å². The Hall–Kier alpha value is -3.26. The molecule has 3 aromatic rings. The van der Waals surface area contributed by atoms with Crippen LogP contribution in [0, 0.1) is 0 Å². The van der Waals surface area contributed by atoms with Crippen molar-refractivity contribution < 1.29 is 18.8 Å². The Kier molecular flexibility index (Phi) is 6.33. The molecule has 0 aliphatic rings. The van der Waals surface area contributed by atoms with Gasteiger partial charge in [0.2, 0.25) is 0 Å². The lowest BCUT2D eigenvalue weighted by atomic mass is 10.1. The van der Waals surface area contributed by atoms with Crippen molar-refractivity contribution in [1.29, 1.82) is 0 Å². The maximum Gasteiger partial charge on any atom is 0.267 e. The first-order valence-corrected chi connectivity index (χ1v) is 9.39.